The van der Waals surface area contributed by atoms with Crippen LogP contribution in [0.25, 0.3) is 11.5 Å². The number of H-pyrrole nitrogens is 1. The van der Waals surface area contributed by atoms with E-state index in [0.29, 0.717) is 18.1 Å². The quantitative estimate of drug-likeness (QED) is 0.704. The molecule has 7 heteroatoms. The molecule has 0 unspecified atom stereocenters. The molecule has 0 saturated carbocycles. The summed E-state index contributed by atoms with van der Waals surface area (Å²) in [4.78, 5) is 12.4. The zero-order valence-corrected chi connectivity index (χ0v) is 8.85. The highest BCUT2D eigenvalue weighted by atomic mass is 15.3. The lowest BCUT2D eigenvalue weighted by molar-refractivity contribution is 0.657. The van der Waals surface area contributed by atoms with Crippen LogP contribution < -0.4 is 0 Å². The summed E-state index contributed by atoms with van der Waals surface area (Å²) in [6.07, 6.45) is 8.44. The van der Waals surface area contributed by atoms with Gasteiger partial charge in [-0.15, -0.1) is 0 Å². The van der Waals surface area contributed by atoms with Gasteiger partial charge in [0.25, 0.3) is 0 Å². The number of nitrogens with one attached hydrogen (secondary N) is 1. The minimum Gasteiger partial charge on any atom is -0.265 e. The van der Waals surface area contributed by atoms with Gasteiger partial charge in [0.2, 0.25) is 5.82 Å². The minimum absolute atomic E-state index is 0.542. The molecule has 1 N–H and O–H groups in total. The van der Waals surface area contributed by atoms with Crippen LogP contribution in [0.1, 0.15) is 5.82 Å². The smallest absolute Gasteiger partial charge is 0.201 e. The largest absolute Gasteiger partial charge is 0.265 e. The lowest BCUT2D eigenvalue weighted by Gasteiger charge is -1.95. The topological polar surface area (TPSA) is 85.2 Å². The summed E-state index contributed by atoms with van der Waals surface area (Å²) in [5.74, 6) is 1.27. The van der Waals surface area contributed by atoms with Crippen molar-refractivity contribution in [1.82, 2.24) is 34.9 Å². The summed E-state index contributed by atoms with van der Waals surface area (Å²) in [5, 5.41) is 11.0. The number of hydrogen-bond donors (Lipinski definition) is 1. The average molecular weight is 227 g/mol. The van der Waals surface area contributed by atoms with Crippen molar-refractivity contribution in [1.29, 1.82) is 0 Å². The molecule has 3 aromatic heterocycles. The molecule has 0 fully saturated rings. The summed E-state index contributed by atoms with van der Waals surface area (Å²) in [7, 11) is 0. The average Bonchev–Trinajstić information content (AvgIpc) is 3.02. The van der Waals surface area contributed by atoms with E-state index in [1.165, 1.54) is 0 Å². The van der Waals surface area contributed by atoms with Crippen LogP contribution in [0.5, 0.6) is 0 Å². The molecule has 0 aliphatic rings. The summed E-state index contributed by atoms with van der Waals surface area (Å²) >= 11 is 0. The van der Waals surface area contributed by atoms with E-state index in [-0.39, 0.29) is 0 Å². The van der Waals surface area contributed by atoms with Gasteiger partial charge in [-0.05, 0) is 6.07 Å². The van der Waals surface area contributed by atoms with Gasteiger partial charge in [0, 0.05) is 24.8 Å². The van der Waals surface area contributed by atoms with Crippen molar-refractivity contribution in [3.63, 3.8) is 0 Å². The third-order valence-corrected chi connectivity index (χ3v) is 2.19. The first-order chi connectivity index (χ1) is 8.42. The molecular weight excluding hydrogens is 218 g/mol. The predicted molar refractivity (Wildman–Crippen MR) is 58.7 cm³/mol. The van der Waals surface area contributed by atoms with Crippen LogP contribution in [-0.4, -0.2) is 34.9 Å². The van der Waals surface area contributed by atoms with E-state index in [1.807, 2.05) is 12.3 Å². The van der Waals surface area contributed by atoms with E-state index in [9.17, 15) is 0 Å². The van der Waals surface area contributed by atoms with Crippen molar-refractivity contribution in [2.45, 2.75) is 6.54 Å². The van der Waals surface area contributed by atoms with E-state index in [2.05, 4.69) is 30.2 Å². The first-order valence-corrected chi connectivity index (χ1v) is 5.07. The Morgan fingerprint density at radius 1 is 1.24 bits per heavy atom. The Hall–Kier alpha value is -2.57. The van der Waals surface area contributed by atoms with Crippen LogP contribution >= 0.6 is 0 Å². The molecule has 3 aromatic rings. The van der Waals surface area contributed by atoms with Crippen molar-refractivity contribution in [3.8, 4) is 11.5 Å². The maximum Gasteiger partial charge on any atom is 0.201 e. The normalized spacial score (nSPS) is 10.6. The maximum atomic E-state index is 4.33. The second kappa shape index (κ2) is 4.12. The number of aromatic amines is 1. The van der Waals surface area contributed by atoms with Crippen LogP contribution in [0.4, 0.5) is 0 Å². The Morgan fingerprint density at radius 2 is 2.24 bits per heavy atom. The van der Waals surface area contributed by atoms with E-state index < -0.39 is 0 Å². The molecular formula is C10H9N7. The van der Waals surface area contributed by atoms with E-state index in [4.69, 9.17) is 0 Å². The summed E-state index contributed by atoms with van der Waals surface area (Å²) in [6, 6.07) is 1.86. The molecule has 0 spiro atoms. The van der Waals surface area contributed by atoms with E-state index >= 15 is 0 Å². The van der Waals surface area contributed by atoms with Crippen LogP contribution in [0.15, 0.2) is 37.1 Å². The Balaban J connectivity index is 1.84. The first kappa shape index (κ1) is 9.64. The molecule has 0 aromatic carbocycles. The third-order valence-electron chi connectivity index (χ3n) is 2.19. The molecule has 0 saturated heterocycles. The standard InChI is InChI=1S/C10H9N7/c1-2-13-17(5-1)7-9-14-10(16-15-9)8-6-11-3-4-12-8/h1-6H,7H2,(H,14,15,16). The van der Waals surface area contributed by atoms with Gasteiger partial charge in [-0.1, -0.05) is 0 Å². The molecule has 0 radical (unpaired) electrons. The number of aromatic nitrogens is 7. The van der Waals surface area contributed by atoms with Crippen LogP contribution in [0.3, 0.4) is 0 Å². The van der Waals surface area contributed by atoms with Gasteiger partial charge in [-0.2, -0.15) is 10.2 Å². The zero-order chi connectivity index (χ0) is 11.5. The van der Waals surface area contributed by atoms with Crippen LogP contribution in [-0.2, 0) is 6.54 Å². The lowest BCUT2D eigenvalue weighted by Crippen LogP contribution is -2.01. The number of rotatable bonds is 3. The van der Waals surface area contributed by atoms with Gasteiger partial charge in [-0.3, -0.25) is 14.8 Å². The molecule has 17 heavy (non-hydrogen) atoms. The first-order valence-electron chi connectivity index (χ1n) is 5.07. The Bertz CT molecular complexity index is 584. The molecule has 7 nitrogen and oxygen atoms in total. The molecule has 3 rings (SSSR count). The highest BCUT2D eigenvalue weighted by molar-refractivity contribution is 5.45. The fourth-order valence-electron chi connectivity index (χ4n) is 1.44. The summed E-state index contributed by atoms with van der Waals surface area (Å²) in [6.45, 7) is 0.556. The predicted octanol–water partition coefficient (Wildman–Crippen LogP) is 0.506. The maximum absolute atomic E-state index is 4.33. The highest BCUT2D eigenvalue weighted by Crippen LogP contribution is 2.08. The zero-order valence-electron chi connectivity index (χ0n) is 8.85. The lowest BCUT2D eigenvalue weighted by atomic mass is 10.4. The summed E-state index contributed by atoms with van der Waals surface area (Å²) in [5.41, 5.74) is 0.649. The second-order valence-electron chi connectivity index (χ2n) is 3.40. The Labute approximate surface area is 96.6 Å². The van der Waals surface area contributed by atoms with Crippen molar-refractivity contribution < 1.29 is 0 Å². The Kier molecular flexibility index (Phi) is 2.34. The van der Waals surface area contributed by atoms with E-state index in [1.54, 1.807) is 29.5 Å². The second-order valence-corrected chi connectivity index (χ2v) is 3.40. The molecule has 0 aliphatic heterocycles. The monoisotopic (exact) mass is 227 g/mol. The molecule has 0 atom stereocenters. The van der Waals surface area contributed by atoms with Crippen LogP contribution in [0.2, 0.25) is 0 Å². The molecule has 0 bridgehead atoms. The van der Waals surface area contributed by atoms with Crippen molar-refractivity contribution in [3.05, 3.63) is 42.9 Å². The summed E-state index contributed by atoms with van der Waals surface area (Å²) < 4.78 is 1.76. The van der Waals surface area contributed by atoms with E-state index in [0.717, 1.165) is 5.82 Å². The fraction of sp³-hybridized carbons (Fsp3) is 0.100. The van der Waals surface area contributed by atoms with Gasteiger partial charge >= 0.3 is 0 Å². The molecule has 3 heterocycles. The van der Waals surface area contributed by atoms with Gasteiger partial charge < -0.3 is 0 Å². The number of hydrogen-bond acceptors (Lipinski definition) is 5. The Morgan fingerprint density at radius 3 is 3.00 bits per heavy atom. The molecule has 0 amide bonds. The van der Waals surface area contributed by atoms with Gasteiger partial charge in [0.05, 0.1) is 6.20 Å². The van der Waals surface area contributed by atoms with Crippen molar-refractivity contribution >= 4 is 0 Å². The highest BCUT2D eigenvalue weighted by Gasteiger charge is 2.07. The van der Waals surface area contributed by atoms with Crippen molar-refractivity contribution in [2.75, 3.05) is 0 Å². The van der Waals surface area contributed by atoms with Gasteiger partial charge in [0.15, 0.2) is 0 Å². The third kappa shape index (κ3) is 2.03. The van der Waals surface area contributed by atoms with Gasteiger partial charge in [0.1, 0.15) is 18.1 Å². The number of nitrogens with zero attached hydrogens (tertiary/aromatic N) is 6. The fourth-order valence-corrected chi connectivity index (χ4v) is 1.44. The molecule has 0 aliphatic carbocycles. The molecule has 84 valence electrons. The SMILES string of the molecule is c1cnn(Cc2nc(-c3cnccn3)n[nH]2)c1. The van der Waals surface area contributed by atoms with Crippen LogP contribution in [0, 0.1) is 0 Å². The van der Waals surface area contributed by atoms with Crippen molar-refractivity contribution in [2.24, 2.45) is 0 Å². The van der Waals surface area contributed by atoms with Gasteiger partial charge in [-0.25, -0.2) is 9.97 Å². The minimum atomic E-state index is 0.542.